The van der Waals surface area contributed by atoms with E-state index >= 15 is 0 Å². The SMILES string of the molecule is Oc1ccc2c(Cc3ccccc3F)noc2c1CN1CCCC[C@H]1c1cccnc1. The normalized spacial score (nSPS) is 17.3. The Bertz CT molecular complexity index is 1190. The third kappa shape index (κ3) is 3.91. The van der Waals surface area contributed by atoms with Gasteiger partial charge in [-0.2, -0.15) is 0 Å². The minimum absolute atomic E-state index is 0.191. The van der Waals surface area contributed by atoms with Gasteiger partial charge in [0, 0.05) is 36.8 Å². The standard InChI is InChI=1S/C25H24FN3O2/c26-21-8-2-1-6-17(21)14-22-19-10-11-24(30)20(25(19)31-28-22)16-29-13-4-3-9-23(29)18-7-5-12-27-15-18/h1-2,5-8,10-12,15,23,30H,3-4,9,13-14,16H2/t23-/m0/s1. The van der Waals surface area contributed by atoms with Crippen molar-refractivity contribution in [1.82, 2.24) is 15.0 Å². The molecule has 6 heteroatoms. The van der Waals surface area contributed by atoms with Crippen molar-refractivity contribution in [2.75, 3.05) is 6.54 Å². The molecule has 2 aromatic carbocycles. The monoisotopic (exact) mass is 417 g/mol. The Morgan fingerprint density at radius 1 is 1.10 bits per heavy atom. The lowest BCUT2D eigenvalue weighted by molar-refractivity contribution is 0.139. The Kier molecular flexibility index (Phi) is 5.38. The Morgan fingerprint density at radius 3 is 2.84 bits per heavy atom. The van der Waals surface area contributed by atoms with Gasteiger partial charge < -0.3 is 9.63 Å². The third-order valence-corrected chi connectivity index (χ3v) is 6.15. The van der Waals surface area contributed by atoms with Crippen LogP contribution in [-0.4, -0.2) is 26.7 Å². The number of likely N-dealkylation sites (tertiary alicyclic amines) is 1. The summed E-state index contributed by atoms with van der Waals surface area (Å²) in [5.41, 5.74) is 3.72. The zero-order valence-corrected chi connectivity index (χ0v) is 17.2. The summed E-state index contributed by atoms with van der Waals surface area (Å²) in [5, 5.41) is 15.7. The number of pyridine rings is 1. The fourth-order valence-electron chi connectivity index (χ4n) is 4.54. The van der Waals surface area contributed by atoms with E-state index in [1.807, 2.05) is 18.3 Å². The quantitative estimate of drug-likeness (QED) is 0.472. The molecule has 5 nitrogen and oxygen atoms in total. The van der Waals surface area contributed by atoms with E-state index in [1.54, 1.807) is 30.5 Å². The smallest absolute Gasteiger partial charge is 0.175 e. The molecule has 3 heterocycles. The number of aromatic hydroxyl groups is 1. The molecule has 0 saturated carbocycles. The number of nitrogens with zero attached hydrogens (tertiary/aromatic N) is 3. The first-order valence-corrected chi connectivity index (χ1v) is 10.7. The summed E-state index contributed by atoms with van der Waals surface area (Å²) in [6, 6.07) is 14.5. The molecule has 1 fully saturated rings. The summed E-state index contributed by atoms with van der Waals surface area (Å²) >= 11 is 0. The van der Waals surface area contributed by atoms with E-state index in [0.717, 1.165) is 30.3 Å². The van der Waals surface area contributed by atoms with Crippen LogP contribution in [0.4, 0.5) is 4.39 Å². The van der Waals surface area contributed by atoms with Crippen molar-refractivity contribution in [3.8, 4) is 5.75 Å². The number of halogens is 1. The molecule has 1 saturated heterocycles. The molecule has 1 aliphatic heterocycles. The molecule has 0 unspecified atom stereocenters. The molecule has 2 aromatic heterocycles. The van der Waals surface area contributed by atoms with Crippen molar-refractivity contribution < 1.29 is 14.0 Å². The van der Waals surface area contributed by atoms with E-state index in [4.69, 9.17) is 4.52 Å². The van der Waals surface area contributed by atoms with Crippen molar-refractivity contribution in [2.24, 2.45) is 0 Å². The highest BCUT2D eigenvalue weighted by Gasteiger charge is 2.27. The van der Waals surface area contributed by atoms with Gasteiger partial charge in [-0.15, -0.1) is 0 Å². The maximum Gasteiger partial charge on any atom is 0.175 e. The fourth-order valence-corrected chi connectivity index (χ4v) is 4.54. The van der Waals surface area contributed by atoms with Crippen LogP contribution < -0.4 is 0 Å². The van der Waals surface area contributed by atoms with E-state index in [1.165, 1.54) is 18.1 Å². The van der Waals surface area contributed by atoms with Gasteiger partial charge in [0.15, 0.2) is 5.58 Å². The van der Waals surface area contributed by atoms with E-state index in [2.05, 4.69) is 21.1 Å². The van der Waals surface area contributed by atoms with Gasteiger partial charge in [0.25, 0.3) is 0 Å². The first kappa shape index (κ1) is 19.7. The summed E-state index contributed by atoms with van der Waals surface area (Å²) in [4.78, 5) is 6.65. The van der Waals surface area contributed by atoms with Crippen molar-refractivity contribution >= 4 is 11.0 Å². The Morgan fingerprint density at radius 2 is 2.00 bits per heavy atom. The number of fused-ring (bicyclic) bond motifs is 1. The predicted molar refractivity (Wildman–Crippen MR) is 116 cm³/mol. The molecule has 0 aliphatic carbocycles. The zero-order valence-electron chi connectivity index (χ0n) is 17.2. The number of hydrogen-bond acceptors (Lipinski definition) is 5. The van der Waals surface area contributed by atoms with Gasteiger partial charge in [0.05, 0.1) is 11.3 Å². The van der Waals surface area contributed by atoms with Crippen LogP contribution in [0.3, 0.4) is 0 Å². The largest absolute Gasteiger partial charge is 0.507 e. The zero-order chi connectivity index (χ0) is 21.2. The van der Waals surface area contributed by atoms with Gasteiger partial charge in [-0.25, -0.2) is 4.39 Å². The summed E-state index contributed by atoms with van der Waals surface area (Å²) in [5.74, 6) is -0.0677. The van der Waals surface area contributed by atoms with E-state index in [9.17, 15) is 9.50 Å². The predicted octanol–water partition coefficient (Wildman–Crippen LogP) is 5.39. The van der Waals surface area contributed by atoms with Gasteiger partial charge in [-0.05, 0) is 54.8 Å². The fraction of sp³-hybridized carbons (Fsp3) is 0.280. The molecule has 4 aromatic rings. The van der Waals surface area contributed by atoms with Crippen LogP contribution in [0.25, 0.3) is 11.0 Å². The molecular weight excluding hydrogens is 393 g/mol. The minimum atomic E-state index is -0.259. The highest BCUT2D eigenvalue weighted by atomic mass is 19.1. The summed E-state index contributed by atoms with van der Waals surface area (Å²) in [6.45, 7) is 1.49. The van der Waals surface area contributed by atoms with Gasteiger partial charge >= 0.3 is 0 Å². The molecule has 0 bridgehead atoms. The molecule has 0 amide bonds. The first-order valence-electron chi connectivity index (χ1n) is 10.7. The van der Waals surface area contributed by atoms with Crippen LogP contribution in [0.1, 0.15) is 47.7 Å². The number of hydrogen-bond donors (Lipinski definition) is 1. The summed E-state index contributed by atoms with van der Waals surface area (Å²) in [7, 11) is 0. The number of piperidine rings is 1. The number of phenols is 1. The second-order valence-corrected chi connectivity index (χ2v) is 8.11. The number of rotatable bonds is 5. The topological polar surface area (TPSA) is 62.4 Å². The van der Waals surface area contributed by atoms with Gasteiger partial charge in [-0.3, -0.25) is 9.88 Å². The maximum absolute atomic E-state index is 14.1. The second kappa shape index (κ2) is 8.47. The van der Waals surface area contributed by atoms with Crippen LogP contribution in [0.15, 0.2) is 65.4 Å². The molecule has 1 atom stereocenters. The molecule has 158 valence electrons. The lowest BCUT2D eigenvalue weighted by Crippen LogP contribution is -2.33. The molecule has 0 spiro atoms. The molecule has 0 radical (unpaired) electrons. The highest BCUT2D eigenvalue weighted by molar-refractivity contribution is 5.84. The Labute approximate surface area is 180 Å². The van der Waals surface area contributed by atoms with Crippen molar-refractivity contribution in [3.05, 3.63) is 89.1 Å². The van der Waals surface area contributed by atoms with Gasteiger partial charge in [0.2, 0.25) is 0 Å². The first-order chi connectivity index (χ1) is 15.2. The van der Waals surface area contributed by atoms with E-state index < -0.39 is 0 Å². The lowest BCUT2D eigenvalue weighted by atomic mass is 9.95. The molecular formula is C25H24FN3O2. The van der Waals surface area contributed by atoms with Gasteiger partial charge in [0.1, 0.15) is 11.6 Å². The minimum Gasteiger partial charge on any atom is -0.507 e. The van der Waals surface area contributed by atoms with Crippen LogP contribution in [0.5, 0.6) is 5.75 Å². The molecule has 1 aliphatic rings. The highest BCUT2D eigenvalue weighted by Crippen LogP contribution is 2.36. The van der Waals surface area contributed by atoms with Crippen LogP contribution in [0.2, 0.25) is 0 Å². The second-order valence-electron chi connectivity index (χ2n) is 8.11. The van der Waals surface area contributed by atoms with E-state index in [0.29, 0.717) is 29.8 Å². The van der Waals surface area contributed by atoms with Crippen molar-refractivity contribution in [1.29, 1.82) is 0 Å². The Hall–Kier alpha value is -3.25. The number of phenolic OH excluding ortho intramolecular Hbond substituents is 1. The van der Waals surface area contributed by atoms with Crippen molar-refractivity contribution in [2.45, 2.75) is 38.3 Å². The number of benzene rings is 2. The average molecular weight is 417 g/mol. The average Bonchev–Trinajstić information content (AvgIpc) is 3.21. The van der Waals surface area contributed by atoms with Crippen LogP contribution >= 0.6 is 0 Å². The van der Waals surface area contributed by atoms with Crippen LogP contribution in [-0.2, 0) is 13.0 Å². The number of aromatic nitrogens is 2. The van der Waals surface area contributed by atoms with E-state index in [-0.39, 0.29) is 17.6 Å². The third-order valence-electron chi connectivity index (χ3n) is 6.15. The molecule has 31 heavy (non-hydrogen) atoms. The summed E-state index contributed by atoms with van der Waals surface area (Å²) in [6.07, 6.45) is 7.38. The maximum atomic E-state index is 14.1. The molecule has 1 N–H and O–H groups in total. The Balaban J connectivity index is 1.47. The molecule has 5 rings (SSSR count). The lowest BCUT2D eigenvalue weighted by Gasteiger charge is -2.36. The summed E-state index contributed by atoms with van der Waals surface area (Å²) < 4.78 is 19.8. The van der Waals surface area contributed by atoms with Gasteiger partial charge in [-0.1, -0.05) is 35.8 Å². The van der Waals surface area contributed by atoms with Crippen LogP contribution in [0, 0.1) is 5.82 Å². The van der Waals surface area contributed by atoms with Crippen molar-refractivity contribution in [3.63, 3.8) is 0 Å².